The molecule has 1 aromatic carbocycles. The molecule has 0 amide bonds. The molecular formula is C11H8Br3N3O2S. The van der Waals surface area contributed by atoms with E-state index in [-0.39, 0.29) is 5.75 Å². The number of hydrogen-bond acceptors (Lipinski definition) is 4. The Morgan fingerprint density at radius 1 is 1.30 bits per heavy atom. The van der Waals surface area contributed by atoms with Crippen LogP contribution >= 0.6 is 59.6 Å². The van der Waals surface area contributed by atoms with Gasteiger partial charge in [-0.1, -0.05) is 27.7 Å². The Morgan fingerprint density at radius 2 is 1.90 bits per heavy atom. The van der Waals surface area contributed by atoms with E-state index in [4.69, 9.17) is 5.11 Å². The molecule has 0 unspecified atom stereocenters. The van der Waals surface area contributed by atoms with E-state index in [0.717, 1.165) is 30.9 Å². The number of aryl methyl sites for hydroxylation is 1. The minimum Gasteiger partial charge on any atom is -0.481 e. The minimum atomic E-state index is -0.892. The molecule has 1 N–H and O–H groups in total. The van der Waals surface area contributed by atoms with Gasteiger partial charge in [0.25, 0.3) is 0 Å². The summed E-state index contributed by atoms with van der Waals surface area (Å²) in [7, 11) is 0. The summed E-state index contributed by atoms with van der Waals surface area (Å²) in [6.45, 7) is 1.82. The molecule has 2 rings (SSSR count). The summed E-state index contributed by atoms with van der Waals surface area (Å²) in [5, 5.41) is 17.4. The molecule has 0 spiro atoms. The molecule has 0 aliphatic carbocycles. The van der Waals surface area contributed by atoms with Gasteiger partial charge in [-0.2, -0.15) is 0 Å². The third-order valence-corrected chi connectivity index (χ3v) is 4.91. The van der Waals surface area contributed by atoms with Crippen molar-refractivity contribution in [3.8, 4) is 5.69 Å². The predicted molar refractivity (Wildman–Crippen MR) is 87.6 cm³/mol. The lowest BCUT2D eigenvalue weighted by atomic mass is 10.3. The van der Waals surface area contributed by atoms with Gasteiger partial charge in [-0.25, -0.2) is 0 Å². The van der Waals surface area contributed by atoms with Gasteiger partial charge >= 0.3 is 5.97 Å². The van der Waals surface area contributed by atoms with Gasteiger partial charge in [0.1, 0.15) is 5.82 Å². The molecular weight excluding hydrogens is 478 g/mol. The molecule has 5 nitrogen and oxygen atoms in total. The monoisotopic (exact) mass is 483 g/mol. The fraction of sp³-hybridized carbons (Fsp3) is 0.182. The molecule has 9 heteroatoms. The molecule has 1 heterocycles. The zero-order chi connectivity index (χ0) is 14.9. The van der Waals surface area contributed by atoms with Crippen LogP contribution in [0.2, 0.25) is 0 Å². The molecule has 0 fully saturated rings. The number of aliphatic carboxylic acids is 1. The van der Waals surface area contributed by atoms with Crippen LogP contribution in [-0.2, 0) is 4.79 Å². The lowest BCUT2D eigenvalue weighted by Gasteiger charge is -2.12. The number of nitrogens with zero attached hydrogens (tertiary/aromatic N) is 3. The maximum Gasteiger partial charge on any atom is 0.313 e. The Labute approximate surface area is 144 Å². The van der Waals surface area contributed by atoms with E-state index >= 15 is 0 Å². The van der Waals surface area contributed by atoms with Gasteiger partial charge in [-0.3, -0.25) is 9.36 Å². The van der Waals surface area contributed by atoms with E-state index in [1.807, 2.05) is 23.6 Å². The zero-order valence-corrected chi connectivity index (χ0v) is 15.7. The van der Waals surface area contributed by atoms with Gasteiger partial charge in [0, 0.05) is 13.4 Å². The van der Waals surface area contributed by atoms with Crippen molar-refractivity contribution in [2.45, 2.75) is 12.1 Å². The molecule has 2 aromatic rings. The number of thioether (sulfide) groups is 1. The molecule has 1 aromatic heterocycles. The van der Waals surface area contributed by atoms with Gasteiger partial charge in [-0.15, -0.1) is 10.2 Å². The Balaban J connectivity index is 2.52. The highest BCUT2D eigenvalue weighted by molar-refractivity contribution is 9.11. The van der Waals surface area contributed by atoms with Crippen molar-refractivity contribution < 1.29 is 9.90 Å². The molecule has 20 heavy (non-hydrogen) atoms. The second-order valence-corrected chi connectivity index (χ2v) is 7.33. The predicted octanol–water partition coefficient (Wildman–Crippen LogP) is 4.04. The van der Waals surface area contributed by atoms with Gasteiger partial charge in [0.2, 0.25) is 0 Å². The fourth-order valence-electron chi connectivity index (χ4n) is 1.57. The van der Waals surface area contributed by atoms with Gasteiger partial charge in [0.05, 0.1) is 11.4 Å². The van der Waals surface area contributed by atoms with Crippen LogP contribution in [0.3, 0.4) is 0 Å². The Kier molecular flexibility index (Phi) is 5.27. The van der Waals surface area contributed by atoms with Crippen LogP contribution in [0.1, 0.15) is 5.82 Å². The number of carboxylic acid groups (broad SMARTS) is 1. The van der Waals surface area contributed by atoms with Crippen molar-refractivity contribution >= 4 is 65.5 Å². The topological polar surface area (TPSA) is 68.0 Å². The first kappa shape index (κ1) is 16.0. The lowest BCUT2D eigenvalue weighted by molar-refractivity contribution is -0.133. The molecule has 0 saturated heterocycles. The van der Waals surface area contributed by atoms with Crippen LogP contribution in [-0.4, -0.2) is 31.6 Å². The van der Waals surface area contributed by atoms with Crippen LogP contribution < -0.4 is 0 Å². The van der Waals surface area contributed by atoms with Gasteiger partial charge in [0.15, 0.2) is 5.16 Å². The van der Waals surface area contributed by atoms with Crippen LogP contribution in [0.5, 0.6) is 0 Å². The van der Waals surface area contributed by atoms with Crippen molar-refractivity contribution in [2.75, 3.05) is 5.75 Å². The number of halogens is 3. The second-order valence-electron chi connectivity index (χ2n) is 3.77. The number of carboxylic acids is 1. The van der Waals surface area contributed by atoms with Gasteiger partial charge in [-0.05, 0) is 50.9 Å². The standard InChI is InChI=1S/C11H8Br3N3O2S/c1-5-15-16-11(20-4-9(18)19)17(5)10-7(13)2-6(12)3-8(10)14/h2-3H,4H2,1H3,(H,18,19). The normalized spacial score (nSPS) is 10.8. The van der Waals surface area contributed by atoms with Crippen LogP contribution in [0.15, 0.2) is 30.7 Å². The van der Waals surface area contributed by atoms with Crippen LogP contribution in [0.25, 0.3) is 5.69 Å². The molecule has 0 radical (unpaired) electrons. The highest BCUT2D eigenvalue weighted by Crippen LogP contribution is 2.35. The van der Waals surface area contributed by atoms with Crippen molar-refractivity contribution in [3.63, 3.8) is 0 Å². The van der Waals surface area contributed by atoms with E-state index in [0.29, 0.717) is 11.0 Å². The van der Waals surface area contributed by atoms with E-state index < -0.39 is 5.97 Å². The van der Waals surface area contributed by atoms with E-state index in [2.05, 4.69) is 58.0 Å². The average Bonchev–Trinajstić information content (AvgIpc) is 2.67. The minimum absolute atomic E-state index is 0.0656. The van der Waals surface area contributed by atoms with Crippen molar-refractivity contribution in [2.24, 2.45) is 0 Å². The number of rotatable bonds is 4. The summed E-state index contributed by atoms with van der Waals surface area (Å²) in [5.74, 6) is -0.276. The smallest absolute Gasteiger partial charge is 0.313 e. The summed E-state index contributed by atoms with van der Waals surface area (Å²) in [4.78, 5) is 10.7. The summed E-state index contributed by atoms with van der Waals surface area (Å²) < 4.78 is 4.43. The third kappa shape index (κ3) is 3.44. The number of aromatic nitrogens is 3. The first-order valence-electron chi connectivity index (χ1n) is 5.31. The molecule has 0 saturated carbocycles. The molecule has 0 atom stereocenters. The highest BCUT2D eigenvalue weighted by atomic mass is 79.9. The number of benzene rings is 1. The van der Waals surface area contributed by atoms with Crippen molar-refractivity contribution in [1.82, 2.24) is 14.8 Å². The van der Waals surface area contributed by atoms with E-state index in [1.54, 1.807) is 0 Å². The molecule has 0 aliphatic rings. The SMILES string of the molecule is Cc1nnc(SCC(=O)O)n1-c1c(Br)cc(Br)cc1Br. The third-order valence-electron chi connectivity index (χ3n) is 2.33. The first-order valence-corrected chi connectivity index (χ1v) is 8.68. The first-order chi connectivity index (χ1) is 9.40. The molecule has 106 valence electrons. The largest absolute Gasteiger partial charge is 0.481 e. The fourth-order valence-corrected chi connectivity index (χ4v) is 4.89. The summed E-state index contributed by atoms with van der Waals surface area (Å²) in [5.41, 5.74) is 0.837. The Morgan fingerprint density at radius 3 is 2.45 bits per heavy atom. The zero-order valence-electron chi connectivity index (χ0n) is 10.1. The molecule has 0 aliphatic heterocycles. The maximum absolute atomic E-state index is 10.7. The summed E-state index contributed by atoms with van der Waals surface area (Å²) >= 11 is 11.6. The average molecular weight is 486 g/mol. The lowest BCUT2D eigenvalue weighted by Crippen LogP contribution is -2.04. The Hall–Kier alpha value is -0.380. The highest BCUT2D eigenvalue weighted by Gasteiger charge is 2.18. The summed E-state index contributed by atoms with van der Waals surface area (Å²) in [6, 6.07) is 3.82. The maximum atomic E-state index is 10.7. The van der Waals surface area contributed by atoms with E-state index in [1.165, 1.54) is 0 Å². The van der Waals surface area contributed by atoms with Gasteiger partial charge < -0.3 is 5.11 Å². The Bertz CT molecular complexity index is 652. The molecule has 0 bridgehead atoms. The summed E-state index contributed by atoms with van der Waals surface area (Å²) in [6.07, 6.45) is 0. The van der Waals surface area contributed by atoms with E-state index in [9.17, 15) is 4.79 Å². The quantitative estimate of drug-likeness (QED) is 0.662. The van der Waals surface area contributed by atoms with Crippen molar-refractivity contribution in [3.05, 3.63) is 31.4 Å². The van der Waals surface area contributed by atoms with Crippen LogP contribution in [0, 0.1) is 6.92 Å². The van der Waals surface area contributed by atoms with Crippen LogP contribution in [0.4, 0.5) is 0 Å². The second kappa shape index (κ2) is 6.59. The number of carbonyl (C=O) groups is 1. The number of hydrogen-bond donors (Lipinski definition) is 1. The van der Waals surface area contributed by atoms with Crippen molar-refractivity contribution in [1.29, 1.82) is 0 Å².